The maximum atomic E-state index is 11.8. The van der Waals surface area contributed by atoms with Gasteiger partial charge in [0.1, 0.15) is 18.1 Å². The first-order chi connectivity index (χ1) is 16.6. The highest BCUT2D eigenvalue weighted by molar-refractivity contribution is 5.79. The zero-order valence-corrected chi connectivity index (χ0v) is 19.8. The van der Waals surface area contributed by atoms with Crippen molar-refractivity contribution < 1.29 is 4.79 Å². The van der Waals surface area contributed by atoms with Gasteiger partial charge >= 0.3 is 0 Å². The molecule has 0 amide bonds. The molecule has 0 radical (unpaired) electrons. The molecule has 2 aliphatic heterocycles. The number of nitrogens with zero attached hydrogens (tertiary/aromatic N) is 3. The lowest BCUT2D eigenvalue weighted by molar-refractivity contribution is -0.109. The summed E-state index contributed by atoms with van der Waals surface area (Å²) in [6, 6.07) is 10.2. The second-order valence-corrected chi connectivity index (χ2v) is 9.59. The minimum absolute atomic E-state index is 0.443. The molecule has 0 spiro atoms. The van der Waals surface area contributed by atoms with Gasteiger partial charge in [0.2, 0.25) is 0 Å². The number of pyridine rings is 1. The van der Waals surface area contributed by atoms with E-state index in [1.807, 2.05) is 35.4 Å². The quantitative estimate of drug-likeness (QED) is 0.450. The second kappa shape index (κ2) is 9.81. The van der Waals surface area contributed by atoms with Crippen molar-refractivity contribution in [2.45, 2.75) is 45.2 Å². The van der Waals surface area contributed by atoms with Crippen LogP contribution in [0.5, 0.6) is 0 Å². The zero-order valence-electron chi connectivity index (χ0n) is 19.8. The number of aldehydes is 1. The van der Waals surface area contributed by atoms with E-state index in [2.05, 4.69) is 59.2 Å². The number of anilines is 2. The molecule has 1 saturated heterocycles. The molecule has 7 heteroatoms. The molecule has 7 nitrogen and oxygen atoms in total. The van der Waals surface area contributed by atoms with E-state index in [1.165, 1.54) is 18.4 Å². The molecule has 1 aromatic carbocycles. The fourth-order valence-corrected chi connectivity index (χ4v) is 4.82. The molecule has 0 saturated carbocycles. The van der Waals surface area contributed by atoms with Crippen LogP contribution in [-0.4, -0.2) is 34.1 Å². The van der Waals surface area contributed by atoms with Crippen molar-refractivity contribution >= 4 is 23.9 Å². The summed E-state index contributed by atoms with van der Waals surface area (Å²) in [6.07, 6.45) is 11.0. The van der Waals surface area contributed by atoms with E-state index in [9.17, 15) is 4.79 Å². The number of nitrogens with one attached hydrogen (secondary N) is 3. The Kier molecular flexibility index (Phi) is 6.45. The summed E-state index contributed by atoms with van der Waals surface area (Å²) in [4.78, 5) is 16.8. The van der Waals surface area contributed by atoms with Gasteiger partial charge in [-0.3, -0.25) is 4.68 Å². The first-order valence-corrected chi connectivity index (χ1v) is 12.1. The van der Waals surface area contributed by atoms with E-state index in [4.69, 9.17) is 4.98 Å². The Bertz CT molecular complexity index is 1170. The lowest BCUT2D eigenvalue weighted by Crippen LogP contribution is -2.26. The molecular weight excluding hydrogens is 424 g/mol. The standard InChI is InChI=1S/C27H32N6O/c1-18(2)15-33-16-22(14-30-33)24-13-21-9-12-29-25(17-34)26(21)27(32-24)31-23-5-3-19(4-6-23)20-7-10-28-11-8-20/h3-6,9,12-14,16-18,20,25,28-29H,7-8,10-11,15H2,1-2H3,(H,31,32). The van der Waals surface area contributed by atoms with Crippen molar-refractivity contribution in [3.8, 4) is 11.3 Å². The highest BCUT2D eigenvalue weighted by atomic mass is 16.1. The van der Waals surface area contributed by atoms with Gasteiger partial charge in [-0.15, -0.1) is 0 Å². The average molecular weight is 457 g/mol. The second-order valence-electron chi connectivity index (χ2n) is 9.59. The van der Waals surface area contributed by atoms with Crippen LogP contribution in [0.4, 0.5) is 11.5 Å². The molecular formula is C27H32N6O. The van der Waals surface area contributed by atoms with Crippen LogP contribution < -0.4 is 16.0 Å². The Morgan fingerprint density at radius 3 is 2.74 bits per heavy atom. The topological polar surface area (TPSA) is 83.9 Å². The maximum absolute atomic E-state index is 11.8. The summed E-state index contributed by atoms with van der Waals surface area (Å²) in [5.74, 6) is 1.81. The van der Waals surface area contributed by atoms with E-state index in [-0.39, 0.29) is 0 Å². The minimum Gasteiger partial charge on any atom is -0.378 e. The van der Waals surface area contributed by atoms with Gasteiger partial charge in [0.25, 0.3) is 0 Å². The van der Waals surface area contributed by atoms with Crippen molar-refractivity contribution in [1.82, 2.24) is 25.4 Å². The monoisotopic (exact) mass is 456 g/mol. The number of carbonyl (C=O) groups is 1. The summed E-state index contributed by atoms with van der Waals surface area (Å²) in [6.45, 7) is 7.36. The largest absolute Gasteiger partial charge is 0.378 e. The molecule has 0 aliphatic carbocycles. The molecule has 5 rings (SSSR count). The zero-order chi connectivity index (χ0) is 23.5. The van der Waals surface area contributed by atoms with Crippen LogP contribution in [0.2, 0.25) is 0 Å². The predicted molar refractivity (Wildman–Crippen MR) is 136 cm³/mol. The van der Waals surface area contributed by atoms with Crippen molar-refractivity contribution in [1.29, 1.82) is 0 Å². The Balaban J connectivity index is 1.47. The fraction of sp³-hybridized carbons (Fsp3) is 0.370. The summed E-state index contributed by atoms with van der Waals surface area (Å²) in [7, 11) is 0. The lowest BCUT2D eigenvalue weighted by atomic mass is 9.90. The van der Waals surface area contributed by atoms with Crippen LogP contribution in [0.3, 0.4) is 0 Å². The first-order valence-electron chi connectivity index (χ1n) is 12.1. The molecule has 1 unspecified atom stereocenters. The number of piperidine rings is 1. The molecule has 0 bridgehead atoms. The van der Waals surface area contributed by atoms with E-state index in [0.717, 1.165) is 54.0 Å². The highest BCUT2D eigenvalue weighted by Crippen LogP contribution is 2.34. The third kappa shape index (κ3) is 4.75. The highest BCUT2D eigenvalue weighted by Gasteiger charge is 2.23. The third-order valence-corrected chi connectivity index (χ3v) is 6.54. The molecule has 3 aromatic rings. The van der Waals surface area contributed by atoms with Crippen LogP contribution in [0, 0.1) is 5.92 Å². The fourth-order valence-electron chi connectivity index (χ4n) is 4.82. The molecule has 176 valence electrons. The Labute approximate surface area is 200 Å². The van der Waals surface area contributed by atoms with Crippen molar-refractivity contribution in [2.24, 2.45) is 5.92 Å². The van der Waals surface area contributed by atoms with Crippen LogP contribution in [0.1, 0.15) is 55.3 Å². The summed E-state index contributed by atoms with van der Waals surface area (Å²) < 4.78 is 1.96. The van der Waals surface area contributed by atoms with Crippen molar-refractivity contribution in [3.05, 3.63) is 65.6 Å². The molecule has 34 heavy (non-hydrogen) atoms. The van der Waals surface area contributed by atoms with E-state index < -0.39 is 6.04 Å². The van der Waals surface area contributed by atoms with E-state index >= 15 is 0 Å². The van der Waals surface area contributed by atoms with Crippen LogP contribution in [-0.2, 0) is 11.3 Å². The van der Waals surface area contributed by atoms with Crippen LogP contribution in [0.15, 0.2) is 48.9 Å². The number of aromatic nitrogens is 3. The smallest absolute Gasteiger partial charge is 0.146 e. The molecule has 2 aliphatic rings. The Morgan fingerprint density at radius 1 is 1.21 bits per heavy atom. The maximum Gasteiger partial charge on any atom is 0.146 e. The summed E-state index contributed by atoms with van der Waals surface area (Å²) >= 11 is 0. The number of rotatable bonds is 7. The minimum atomic E-state index is -0.443. The van der Waals surface area contributed by atoms with Gasteiger partial charge in [0.15, 0.2) is 0 Å². The molecule has 1 fully saturated rings. The van der Waals surface area contributed by atoms with Gasteiger partial charge in [-0.05, 0) is 79.4 Å². The summed E-state index contributed by atoms with van der Waals surface area (Å²) in [5.41, 5.74) is 5.97. The van der Waals surface area contributed by atoms with E-state index in [1.54, 1.807) is 0 Å². The molecule has 2 aromatic heterocycles. The summed E-state index contributed by atoms with van der Waals surface area (Å²) in [5, 5.41) is 14.6. The van der Waals surface area contributed by atoms with E-state index in [0.29, 0.717) is 17.7 Å². The normalized spacial score (nSPS) is 17.9. The average Bonchev–Trinajstić information content (AvgIpc) is 3.32. The molecule has 1 atom stereocenters. The number of carbonyl (C=O) groups excluding carboxylic acids is 1. The van der Waals surface area contributed by atoms with Crippen LogP contribution in [0.25, 0.3) is 17.3 Å². The SMILES string of the molecule is CC(C)Cn1cc(-c2cc3c(c(Nc4ccc(C5CCNCC5)cc4)n2)C(C=O)NC=C3)cn1. The predicted octanol–water partition coefficient (Wildman–Crippen LogP) is 4.63. The Hall–Kier alpha value is -3.45. The molecule has 4 heterocycles. The number of hydrogen-bond acceptors (Lipinski definition) is 6. The van der Waals surface area contributed by atoms with Gasteiger partial charge in [-0.1, -0.05) is 26.0 Å². The first kappa shape index (κ1) is 22.3. The van der Waals surface area contributed by atoms with Gasteiger partial charge in [0.05, 0.1) is 11.9 Å². The number of hydrogen-bond donors (Lipinski definition) is 3. The van der Waals surface area contributed by atoms with Crippen molar-refractivity contribution in [3.63, 3.8) is 0 Å². The molecule has 3 N–H and O–H groups in total. The van der Waals surface area contributed by atoms with Crippen LogP contribution >= 0.6 is 0 Å². The Morgan fingerprint density at radius 2 is 2.00 bits per heavy atom. The van der Waals surface area contributed by atoms with Gasteiger partial charge in [-0.2, -0.15) is 5.10 Å². The van der Waals surface area contributed by atoms with Crippen molar-refractivity contribution in [2.75, 3.05) is 18.4 Å². The number of fused-ring (bicyclic) bond motifs is 1. The van der Waals surface area contributed by atoms with Gasteiger partial charge in [0, 0.05) is 29.6 Å². The third-order valence-electron chi connectivity index (χ3n) is 6.54. The lowest BCUT2D eigenvalue weighted by Gasteiger charge is -2.24. The van der Waals surface area contributed by atoms with Gasteiger partial charge in [-0.25, -0.2) is 4.98 Å². The van der Waals surface area contributed by atoms with Gasteiger partial charge < -0.3 is 20.7 Å². The number of benzene rings is 1.